The van der Waals surface area contributed by atoms with E-state index in [1.54, 1.807) is 12.7 Å². The highest BCUT2D eigenvalue weighted by atomic mass is 32.2. The molecule has 0 saturated carbocycles. The number of hydrogen-bond acceptors (Lipinski definition) is 8. The molecule has 0 N–H and O–H groups in total. The number of para-hydroxylation sites is 2. The summed E-state index contributed by atoms with van der Waals surface area (Å²) in [7, 11) is 3.79. The zero-order valence-electron chi connectivity index (χ0n) is 12.9. The Bertz CT molecular complexity index is 928. The second kappa shape index (κ2) is 6.21. The van der Waals surface area contributed by atoms with Crippen molar-refractivity contribution in [1.82, 2.24) is 39.5 Å². The van der Waals surface area contributed by atoms with Crippen LogP contribution in [0.25, 0.3) is 11.0 Å². The number of aromatic nitrogens is 8. The number of fused-ring (bicyclic) bond motifs is 1. The van der Waals surface area contributed by atoms with E-state index in [-0.39, 0.29) is 0 Å². The molecule has 3 aromatic heterocycles. The molecule has 0 saturated heterocycles. The lowest BCUT2D eigenvalue weighted by Crippen LogP contribution is -1.97. The van der Waals surface area contributed by atoms with Gasteiger partial charge in [0, 0.05) is 14.1 Å². The molecule has 0 aliphatic heterocycles. The average Bonchev–Trinajstić information content (AvgIpc) is 3.17. The third-order valence-electron chi connectivity index (χ3n) is 3.22. The Balaban J connectivity index is 1.81. The Morgan fingerprint density at radius 2 is 1.21 bits per heavy atom. The van der Waals surface area contributed by atoms with Gasteiger partial charge in [0.15, 0.2) is 10.3 Å². The van der Waals surface area contributed by atoms with E-state index in [0.29, 0.717) is 0 Å². The van der Waals surface area contributed by atoms with Gasteiger partial charge in [-0.05, 0) is 35.7 Å². The monoisotopic (exact) mass is 356 g/mol. The van der Waals surface area contributed by atoms with Crippen LogP contribution in [0.15, 0.2) is 57.3 Å². The van der Waals surface area contributed by atoms with Gasteiger partial charge in [-0.2, -0.15) is 0 Å². The summed E-state index contributed by atoms with van der Waals surface area (Å²) >= 11 is 2.86. The fourth-order valence-corrected chi connectivity index (χ4v) is 3.71. The molecule has 0 unspecified atom stereocenters. The first-order valence-electron chi connectivity index (χ1n) is 7.01. The number of nitrogens with zero attached hydrogens (tertiary/aromatic N) is 8. The Morgan fingerprint density at radius 3 is 1.58 bits per heavy atom. The molecule has 4 rings (SSSR count). The molecule has 120 valence electrons. The lowest BCUT2D eigenvalue weighted by molar-refractivity contribution is 0.779. The highest BCUT2D eigenvalue weighted by molar-refractivity contribution is 8.02. The van der Waals surface area contributed by atoms with Crippen LogP contribution in [-0.4, -0.2) is 39.5 Å². The Morgan fingerprint density at radius 1 is 0.750 bits per heavy atom. The van der Waals surface area contributed by atoms with Crippen LogP contribution in [0.5, 0.6) is 0 Å². The van der Waals surface area contributed by atoms with Gasteiger partial charge < -0.3 is 9.13 Å². The first-order chi connectivity index (χ1) is 11.7. The zero-order valence-corrected chi connectivity index (χ0v) is 14.5. The van der Waals surface area contributed by atoms with Crippen molar-refractivity contribution in [3.63, 3.8) is 0 Å². The van der Waals surface area contributed by atoms with Gasteiger partial charge in [0.05, 0.1) is 11.0 Å². The van der Waals surface area contributed by atoms with Crippen molar-refractivity contribution in [3.05, 3.63) is 36.9 Å². The van der Waals surface area contributed by atoms with Gasteiger partial charge in [-0.25, -0.2) is 9.97 Å². The van der Waals surface area contributed by atoms with Crippen molar-refractivity contribution in [1.29, 1.82) is 0 Å². The molecule has 24 heavy (non-hydrogen) atoms. The zero-order chi connectivity index (χ0) is 16.5. The van der Waals surface area contributed by atoms with Gasteiger partial charge in [-0.15, -0.1) is 20.4 Å². The van der Waals surface area contributed by atoms with Crippen LogP contribution >= 0.6 is 23.5 Å². The molecular formula is C14H12N8S2. The van der Waals surface area contributed by atoms with Crippen LogP contribution in [-0.2, 0) is 14.1 Å². The first-order valence-corrected chi connectivity index (χ1v) is 8.64. The van der Waals surface area contributed by atoms with E-state index in [9.17, 15) is 0 Å². The number of benzene rings is 1. The van der Waals surface area contributed by atoms with Crippen molar-refractivity contribution < 1.29 is 0 Å². The maximum absolute atomic E-state index is 4.74. The third-order valence-corrected chi connectivity index (χ3v) is 5.41. The summed E-state index contributed by atoms with van der Waals surface area (Å²) in [6.07, 6.45) is 3.32. The predicted octanol–water partition coefficient (Wildman–Crippen LogP) is 2.19. The normalized spacial score (nSPS) is 11.2. The fourth-order valence-electron chi connectivity index (χ4n) is 2.00. The average molecular weight is 356 g/mol. The largest absolute Gasteiger partial charge is 0.311 e. The summed E-state index contributed by atoms with van der Waals surface area (Å²) in [6, 6.07) is 7.78. The lowest BCUT2D eigenvalue weighted by Gasteiger charge is -2.08. The van der Waals surface area contributed by atoms with Crippen LogP contribution < -0.4 is 0 Å². The maximum atomic E-state index is 4.74. The summed E-state index contributed by atoms with van der Waals surface area (Å²) in [4.78, 5) is 9.48. The molecule has 0 radical (unpaired) electrons. The van der Waals surface area contributed by atoms with Crippen LogP contribution in [0.1, 0.15) is 0 Å². The van der Waals surface area contributed by atoms with E-state index < -0.39 is 0 Å². The molecule has 3 heterocycles. The molecule has 0 bridgehead atoms. The first kappa shape index (κ1) is 15.1. The molecule has 0 spiro atoms. The molecule has 4 aromatic rings. The Kier molecular flexibility index (Phi) is 3.90. The highest BCUT2D eigenvalue weighted by Crippen LogP contribution is 2.35. The molecule has 0 aliphatic carbocycles. The molecule has 0 fully saturated rings. The predicted molar refractivity (Wildman–Crippen MR) is 89.8 cm³/mol. The van der Waals surface area contributed by atoms with E-state index in [0.717, 1.165) is 31.4 Å². The summed E-state index contributed by atoms with van der Waals surface area (Å²) < 4.78 is 3.69. The standard InChI is InChI=1S/C14H12N8S2/c1-21-7-15-19-13(21)23-11-12(24-14-20-16-8-22(14)2)18-10-6-4-3-5-9(10)17-11/h3-8H,1-2H3. The number of aryl methyl sites for hydroxylation is 2. The van der Waals surface area contributed by atoms with Crippen molar-refractivity contribution in [2.24, 2.45) is 14.1 Å². The topological polar surface area (TPSA) is 87.2 Å². The van der Waals surface area contributed by atoms with Crippen LogP contribution in [0.4, 0.5) is 0 Å². The van der Waals surface area contributed by atoms with Gasteiger partial charge in [0.1, 0.15) is 22.7 Å². The minimum Gasteiger partial charge on any atom is -0.311 e. The highest BCUT2D eigenvalue weighted by Gasteiger charge is 2.16. The summed E-state index contributed by atoms with van der Waals surface area (Å²) in [6.45, 7) is 0. The molecule has 0 aliphatic rings. The second-order valence-electron chi connectivity index (χ2n) is 4.98. The van der Waals surface area contributed by atoms with Gasteiger partial charge >= 0.3 is 0 Å². The maximum Gasteiger partial charge on any atom is 0.197 e. The van der Waals surface area contributed by atoms with Crippen molar-refractivity contribution >= 4 is 34.6 Å². The molecule has 8 nitrogen and oxygen atoms in total. The number of hydrogen-bond donors (Lipinski definition) is 0. The summed E-state index contributed by atoms with van der Waals surface area (Å²) in [5.74, 6) is 0. The van der Waals surface area contributed by atoms with Crippen LogP contribution in [0, 0.1) is 0 Å². The van der Waals surface area contributed by atoms with Gasteiger partial charge in [-0.3, -0.25) is 0 Å². The summed E-state index contributed by atoms with van der Waals surface area (Å²) in [5, 5.41) is 19.1. The minimum atomic E-state index is 0.749. The SMILES string of the molecule is Cn1cnnc1Sc1nc2ccccc2nc1Sc1nncn1C. The fraction of sp³-hybridized carbons (Fsp3) is 0.143. The molecule has 1 aromatic carbocycles. The quantitative estimate of drug-likeness (QED) is 0.550. The summed E-state index contributed by atoms with van der Waals surface area (Å²) in [5.41, 5.74) is 1.67. The van der Waals surface area contributed by atoms with Crippen molar-refractivity contribution in [3.8, 4) is 0 Å². The van der Waals surface area contributed by atoms with Crippen molar-refractivity contribution in [2.45, 2.75) is 20.4 Å². The van der Waals surface area contributed by atoms with E-state index in [1.807, 2.05) is 47.5 Å². The van der Waals surface area contributed by atoms with E-state index in [4.69, 9.17) is 9.97 Å². The van der Waals surface area contributed by atoms with E-state index in [2.05, 4.69) is 20.4 Å². The van der Waals surface area contributed by atoms with Crippen molar-refractivity contribution in [2.75, 3.05) is 0 Å². The van der Waals surface area contributed by atoms with Gasteiger partial charge in [0.25, 0.3) is 0 Å². The second-order valence-corrected chi connectivity index (χ2v) is 6.89. The third kappa shape index (κ3) is 2.85. The Labute approximate surface area is 145 Å². The van der Waals surface area contributed by atoms with Crippen LogP contribution in [0.2, 0.25) is 0 Å². The van der Waals surface area contributed by atoms with Gasteiger partial charge in [-0.1, -0.05) is 12.1 Å². The number of rotatable bonds is 4. The smallest absolute Gasteiger partial charge is 0.197 e. The molecular weight excluding hydrogens is 344 g/mol. The van der Waals surface area contributed by atoms with Crippen LogP contribution in [0.3, 0.4) is 0 Å². The molecule has 0 amide bonds. The lowest BCUT2D eigenvalue weighted by atomic mass is 10.3. The Hall–Kier alpha value is -2.46. The van der Waals surface area contributed by atoms with Gasteiger partial charge in [0.2, 0.25) is 0 Å². The minimum absolute atomic E-state index is 0.749. The van der Waals surface area contributed by atoms with E-state index in [1.165, 1.54) is 23.5 Å². The molecule has 0 atom stereocenters. The molecule has 10 heteroatoms. The van der Waals surface area contributed by atoms with E-state index >= 15 is 0 Å².